The number of pyridine rings is 1. The van der Waals surface area contributed by atoms with Gasteiger partial charge in [0.2, 0.25) is 0 Å². The molecule has 3 heteroatoms. The quantitative estimate of drug-likeness (QED) is 0.810. The zero-order chi connectivity index (χ0) is 11.2. The van der Waals surface area contributed by atoms with Crippen molar-refractivity contribution in [1.29, 1.82) is 0 Å². The topological polar surface area (TPSA) is 37.0 Å². The van der Waals surface area contributed by atoms with Crippen LogP contribution in [0.1, 0.15) is 31.5 Å². The molecule has 1 unspecified atom stereocenters. The van der Waals surface area contributed by atoms with Gasteiger partial charge < -0.3 is 10.6 Å². The molecule has 0 saturated carbocycles. The second kappa shape index (κ2) is 5.97. The number of nitrogens with zero attached hydrogens (tertiary/aromatic N) is 1. The Morgan fingerprint density at radius 2 is 2.50 bits per heavy atom. The van der Waals surface area contributed by atoms with Crippen molar-refractivity contribution in [2.75, 3.05) is 19.6 Å². The fourth-order valence-corrected chi connectivity index (χ4v) is 2.18. The second-order valence-electron chi connectivity index (χ2n) is 4.60. The Morgan fingerprint density at radius 3 is 3.19 bits per heavy atom. The third kappa shape index (κ3) is 3.29. The molecule has 2 rings (SSSR count). The minimum absolute atomic E-state index is 0.350. The minimum atomic E-state index is 0.350. The molecule has 3 nitrogen and oxygen atoms in total. The molecule has 0 radical (unpaired) electrons. The third-order valence-corrected chi connectivity index (χ3v) is 3.24. The van der Waals surface area contributed by atoms with Crippen molar-refractivity contribution in [1.82, 2.24) is 15.6 Å². The molecule has 1 fully saturated rings. The van der Waals surface area contributed by atoms with Crippen LogP contribution in [0.5, 0.6) is 0 Å². The molecule has 1 aliphatic rings. The number of rotatable bonds is 4. The van der Waals surface area contributed by atoms with Crippen molar-refractivity contribution < 1.29 is 0 Å². The lowest BCUT2D eigenvalue weighted by Crippen LogP contribution is -2.36. The molecular formula is C13H21N3. The normalized spacial score (nSPS) is 22.9. The van der Waals surface area contributed by atoms with Gasteiger partial charge in [-0.2, -0.15) is 0 Å². The molecule has 1 aliphatic heterocycles. The van der Waals surface area contributed by atoms with Gasteiger partial charge in [0.25, 0.3) is 0 Å². The average Bonchev–Trinajstić information content (AvgIpc) is 2.38. The maximum atomic E-state index is 4.36. The van der Waals surface area contributed by atoms with Crippen molar-refractivity contribution in [2.45, 2.75) is 25.8 Å². The van der Waals surface area contributed by atoms with E-state index in [9.17, 15) is 0 Å². The van der Waals surface area contributed by atoms with Crippen LogP contribution in [0.4, 0.5) is 0 Å². The maximum Gasteiger partial charge on any atom is 0.0570 e. The van der Waals surface area contributed by atoms with Crippen LogP contribution in [-0.2, 0) is 0 Å². The molecule has 2 N–H and O–H groups in total. The summed E-state index contributed by atoms with van der Waals surface area (Å²) < 4.78 is 0. The van der Waals surface area contributed by atoms with Gasteiger partial charge >= 0.3 is 0 Å². The van der Waals surface area contributed by atoms with Gasteiger partial charge in [0, 0.05) is 12.2 Å². The van der Waals surface area contributed by atoms with Crippen molar-refractivity contribution >= 4 is 0 Å². The van der Waals surface area contributed by atoms with Crippen molar-refractivity contribution in [2.24, 2.45) is 5.92 Å². The van der Waals surface area contributed by atoms with E-state index in [0.717, 1.165) is 24.7 Å². The first-order valence-electron chi connectivity index (χ1n) is 6.21. The van der Waals surface area contributed by atoms with E-state index < -0.39 is 0 Å². The Bertz CT molecular complexity index is 293. The highest BCUT2D eigenvalue weighted by molar-refractivity contribution is 5.07. The summed E-state index contributed by atoms with van der Waals surface area (Å²) in [6, 6.07) is 6.43. The highest BCUT2D eigenvalue weighted by Gasteiger charge is 2.14. The Balaban J connectivity index is 1.77. The molecule has 0 spiro atoms. The van der Waals surface area contributed by atoms with Crippen molar-refractivity contribution in [3.05, 3.63) is 30.1 Å². The zero-order valence-corrected chi connectivity index (χ0v) is 9.95. The summed E-state index contributed by atoms with van der Waals surface area (Å²) in [7, 11) is 0. The summed E-state index contributed by atoms with van der Waals surface area (Å²) >= 11 is 0. The van der Waals surface area contributed by atoms with Crippen LogP contribution in [0.15, 0.2) is 24.4 Å². The lowest BCUT2D eigenvalue weighted by atomic mass is 9.99. The van der Waals surface area contributed by atoms with Gasteiger partial charge in [0.15, 0.2) is 0 Å². The van der Waals surface area contributed by atoms with Gasteiger partial charge in [-0.05, 0) is 57.5 Å². The predicted octanol–water partition coefficient (Wildman–Crippen LogP) is 1.73. The molecule has 16 heavy (non-hydrogen) atoms. The highest BCUT2D eigenvalue weighted by Crippen LogP contribution is 2.12. The molecule has 2 atom stereocenters. The maximum absolute atomic E-state index is 4.36. The van der Waals surface area contributed by atoms with E-state index in [1.807, 2.05) is 18.3 Å². The molecule has 0 bridgehead atoms. The second-order valence-corrected chi connectivity index (χ2v) is 4.60. The van der Waals surface area contributed by atoms with Crippen molar-refractivity contribution in [3.8, 4) is 0 Å². The number of nitrogens with one attached hydrogen (secondary N) is 2. The summed E-state index contributed by atoms with van der Waals surface area (Å²) in [5, 5.41) is 7.01. The van der Waals surface area contributed by atoms with E-state index >= 15 is 0 Å². The van der Waals surface area contributed by atoms with Crippen LogP contribution in [0.2, 0.25) is 0 Å². The summed E-state index contributed by atoms with van der Waals surface area (Å²) in [6.45, 7) is 5.61. The van der Waals surface area contributed by atoms with Crippen LogP contribution in [0.3, 0.4) is 0 Å². The summed E-state index contributed by atoms with van der Waals surface area (Å²) in [4.78, 5) is 4.36. The summed E-state index contributed by atoms with van der Waals surface area (Å²) in [5.41, 5.74) is 1.13. The van der Waals surface area contributed by atoms with Crippen LogP contribution >= 0.6 is 0 Å². The summed E-state index contributed by atoms with van der Waals surface area (Å²) in [5.74, 6) is 0.778. The van der Waals surface area contributed by atoms with Gasteiger partial charge in [-0.1, -0.05) is 6.07 Å². The van der Waals surface area contributed by atoms with E-state index in [4.69, 9.17) is 0 Å². The number of piperidine rings is 1. The largest absolute Gasteiger partial charge is 0.316 e. The molecule has 2 heterocycles. The van der Waals surface area contributed by atoms with Crippen LogP contribution in [0, 0.1) is 5.92 Å². The van der Waals surface area contributed by atoms with E-state index in [0.29, 0.717) is 6.04 Å². The van der Waals surface area contributed by atoms with Gasteiger partial charge in [-0.25, -0.2) is 0 Å². The van der Waals surface area contributed by atoms with Gasteiger partial charge in [0.1, 0.15) is 0 Å². The molecule has 0 amide bonds. The van der Waals surface area contributed by atoms with Crippen LogP contribution in [-0.4, -0.2) is 24.6 Å². The number of hydrogen-bond acceptors (Lipinski definition) is 3. The van der Waals surface area contributed by atoms with Crippen molar-refractivity contribution in [3.63, 3.8) is 0 Å². The molecule has 0 aromatic carbocycles. The predicted molar refractivity (Wildman–Crippen MR) is 66.2 cm³/mol. The molecule has 1 aromatic rings. The number of aromatic nitrogens is 1. The molecule has 88 valence electrons. The third-order valence-electron chi connectivity index (χ3n) is 3.24. The Morgan fingerprint density at radius 1 is 1.56 bits per heavy atom. The smallest absolute Gasteiger partial charge is 0.0570 e. The molecular weight excluding hydrogens is 198 g/mol. The fourth-order valence-electron chi connectivity index (χ4n) is 2.18. The monoisotopic (exact) mass is 219 g/mol. The van der Waals surface area contributed by atoms with E-state index in [1.165, 1.54) is 19.4 Å². The Kier molecular flexibility index (Phi) is 4.31. The Labute approximate surface area is 97.7 Å². The molecule has 0 aliphatic carbocycles. The Hall–Kier alpha value is -0.930. The first-order valence-corrected chi connectivity index (χ1v) is 6.21. The lowest BCUT2D eigenvalue weighted by Gasteiger charge is -2.24. The van der Waals surface area contributed by atoms with E-state index in [1.54, 1.807) is 0 Å². The van der Waals surface area contributed by atoms with Crippen LogP contribution in [0.25, 0.3) is 0 Å². The number of hydrogen-bond donors (Lipinski definition) is 2. The van der Waals surface area contributed by atoms with E-state index in [-0.39, 0.29) is 0 Å². The fraction of sp³-hybridized carbons (Fsp3) is 0.615. The SMILES string of the molecule is C[C@@H](NCC1CCCNC1)c1ccccn1. The lowest BCUT2D eigenvalue weighted by molar-refractivity contribution is 0.347. The molecule has 1 aromatic heterocycles. The van der Waals surface area contributed by atoms with E-state index in [2.05, 4.69) is 28.6 Å². The zero-order valence-electron chi connectivity index (χ0n) is 9.95. The standard InChI is InChI=1S/C13H21N3/c1-11(13-6-2-3-8-15-13)16-10-12-5-4-7-14-9-12/h2-3,6,8,11-12,14,16H,4-5,7,9-10H2,1H3/t11-,12?/m1/s1. The first kappa shape index (κ1) is 11.6. The minimum Gasteiger partial charge on any atom is -0.316 e. The highest BCUT2D eigenvalue weighted by atomic mass is 15.0. The van der Waals surface area contributed by atoms with Gasteiger partial charge in [-0.3, -0.25) is 4.98 Å². The van der Waals surface area contributed by atoms with Crippen LogP contribution < -0.4 is 10.6 Å². The summed E-state index contributed by atoms with van der Waals surface area (Å²) in [6.07, 6.45) is 4.51. The average molecular weight is 219 g/mol. The first-order chi connectivity index (χ1) is 7.86. The van der Waals surface area contributed by atoms with Gasteiger partial charge in [-0.15, -0.1) is 0 Å². The van der Waals surface area contributed by atoms with Gasteiger partial charge in [0.05, 0.1) is 5.69 Å². The molecule has 1 saturated heterocycles.